The molecule has 0 heterocycles. The molecule has 0 saturated carbocycles. The number of carbonyl (C=O) groups excluding carboxylic acids is 1. The quantitative estimate of drug-likeness (QED) is 0.528. The fourth-order valence-electron chi connectivity index (χ4n) is 1.76. The smallest absolute Gasteiger partial charge is 0.319 e. The molecule has 0 amide bonds. The Hall–Kier alpha value is -1.39. The summed E-state index contributed by atoms with van der Waals surface area (Å²) >= 11 is 0. The summed E-state index contributed by atoms with van der Waals surface area (Å²) in [5.74, 6) is -0.194. The van der Waals surface area contributed by atoms with Crippen molar-refractivity contribution in [3.8, 4) is 0 Å². The Balaban J connectivity index is 2.32. The number of hydrogen-bond acceptors (Lipinski definition) is 4. The van der Waals surface area contributed by atoms with Crippen molar-refractivity contribution >= 4 is 5.97 Å². The topological polar surface area (TPSA) is 47.6 Å². The van der Waals surface area contributed by atoms with Gasteiger partial charge in [0.15, 0.2) is 0 Å². The average Bonchev–Trinajstić information content (AvgIpc) is 2.46. The van der Waals surface area contributed by atoms with Gasteiger partial charge < -0.3 is 14.8 Å². The molecule has 0 saturated heterocycles. The van der Waals surface area contributed by atoms with Crippen LogP contribution < -0.4 is 5.32 Å². The summed E-state index contributed by atoms with van der Waals surface area (Å²) < 4.78 is 10.5. The number of hydrogen-bond donors (Lipinski definition) is 1. The highest BCUT2D eigenvalue weighted by Crippen LogP contribution is 2.09. The first kappa shape index (κ1) is 16.7. The molecule has 1 aromatic rings. The van der Waals surface area contributed by atoms with Crippen molar-refractivity contribution in [2.24, 2.45) is 0 Å². The summed E-state index contributed by atoms with van der Waals surface area (Å²) in [7, 11) is 0. The maximum absolute atomic E-state index is 11.5. The second-order valence-electron chi connectivity index (χ2n) is 4.58. The number of esters is 1. The van der Waals surface area contributed by atoms with E-state index in [0.717, 1.165) is 24.0 Å². The third-order valence-corrected chi connectivity index (χ3v) is 2.93. The zero-order chi connectivity index (χ0) is 14.6. The number of rotatable bonds is 10. The Kier molecular flexibility index (Phi) is 8.67. The standard InChI is InChI=1S/C16H25NO3/c1-3-5-10-20-16(18)12-17-11-14-8-6-7-9-15(14)13-19-4-2/h6-9,17H,3-5,10-13H2,1-2H3. The van der Waals surface area contributed by atoms with Gasteiger partial charge in [-0.05, 0) is 24.5 Å². The van der Waals surface area contributed by atoms with Gasteiger partial charge in [0, 0.05) is 13.2 Å². The molecule has 0 unspecified atom stereocenters. The summed E-state index contributed by atoms with van der Waals surface area (Å²) in [6.45, 7) is 6.76. The van der Waals surface area contributed by atoms with Crippen LogP contribution in [-0.2, 0) is 27.4 Å². The van der Waals surface area contributed by atoms with E-state index < -0.39 is 0 Å². The van der Waals surface area contributed by atoms with Crippen molar-refractivity contribution in [1.29, 1.82) is 0 Å². The highest BCUT2D eigenvalue weighted by atomic mass is 16.5. The van der Waals surface area contributed by atoms with Crippen LogP contribution in [0.5, 0.6) is 0 Å². The molecule has 0 spiro atoms. The van der Waals surface area contributed by atoms with Gasteiger partial charge in [-0.1, -0.05) is 37.6 Å². The number of ether oxygens (including phenoxy) is 2. The lowest BCUT2D eigenvalue weighted by Crippen LogP contribution is -2.25. The number of unbranched alkanes of at least 4 members (excludes halogenated alkanes) is 1. The molecule has 0 atom stereocenters. The van der Waals surface area contributed by atoms with Crippen LogP contribution in [0.3, 0.4) is 0 Å². The van der Waals surface area contributed by atoms with Crippen molar-refractivity contribution in [3.63, 3.8) is 0 Å². The van der Waals surface area contributed by atoms with E-state index in [1.807, 2.05) is 31.2 Å². The highest BCUT2D eigenvalue weighted by Gasteiger charge is 2.04. The molecule has 0 aliphatic rings. The maximum Gasteiger partial charge on any atom is 0.319 e. The van der Waals surface area contributed by atoms with E-state index in [0.29, 0.717) is 26.4 Å². The molecule has 1 N–H and O–H groups in total. The maximum atomic E-state index is 11.5. The molecule has 20 heavy (non-hydrogen) atoms. The van der Waals surface area contributed by atoms with E-state index in [-0.39, 0.29) is 12.5 Å². The first-order valence-corrected chi connectivity index (χ1v) is 7.28. The van der Waals surface area contributed by atoms with Crippen molar-refractivity contribution < 1.29 is 14.3 Å². The predicted molar refractivity (Wildman–Crippen MR) is 79.3 cm³/mol. The van der Waals surface area contributed by atoms with Gasteiger partial charge in [0.2, 0.25) is 0 Å². The largest absolute Gasteiger partial charge is 0.465 e. The van der Waals surface area contributed by atoms with E-state index in [1.165, 1.54) is 0 Å². The van der Waals surface area contributed by atoms with Crippen LogP contribution in [0.25, 0.3) is 0 Å². The zero-order valence-corrected chi connectivity index (χ0v) is 12.5. The van der Waals surface area contributed by atoms with Gasteiger partial charge in [0.05, 0.1) is 19.8 Å². The van der Waals surface area contributed by atoms with Gasteiger partial charge in [-0.3, -0.25) is 4.79 Å². The van der Waals surface area contributed by atoms with Gasteiger partial charge in [0.1, 0.15) is 0 Å². The lowest BCUT2D eigenvalue weighted by molar-refractivity contribution is -0.142. The fraction of sp³-hybridized carbons (Fsp3) is 0.562. The molecule has 0 aliphatic heterocycles. The van der Waals surface area contributed by atoms with E-state index in [2.05, 4.69) is 12.2 Å². The molecule has 112 valence electrons. The molecule has 0 radical (unpaired) electrons. The van der Waals surface area contributed by atoms with Crippen LogP contribution in [-0.4, -0.2) is 25.7 Å². The van der Waals surface area contributed by atoms with Crippen LogP contribution in [0.15, 0.2) is 24.3 Å². The molecule has 0 aliphatic carbocycles. The SMILES string of the molecule is CCCCOC(=O)CNCc1ccccc1COCC. The summed E-state index contributed by atoms with van der Waals surface area (Å²) in [5, 5.41) is 3.12. The van der Waals surface area contributed by atoms with Crippen molar-refractivity contribution in [3.05, 3.63) is 35.4 Å². The average molecular weight is 279 g/mol. The minimum absolute atomic E-state index is 0.194. The van der Waals surface area contributed by atoms with Crippen molar-refractivity contribution in [2.45, 2.75) is 39.8 Å². The van der Waals surface area contributed by atoms with E-state index >= 15 is 0 Å². The molecule has 4 nitrogen and oxygen atoms in total. The number of benzene rings is 1. The normalized spacial score (nSPS) is 10.5. The Morgan fingerprint density at radius 1 is 1.20 bits per heavy atom. The third kappa shape index (κ3) is 6.68. The first-order valence-electron chi connectivity index (χ1n) is 7.28. The van der Waals surface area contributed by atoms with Gasteiger partial charge in [-0.2, -0.15) is 0 Å². The molecule has 0 bridgehead atoms. The zero-order valence-electron chi connectivity index (χ0n) is 12.5. The lowest BCUT2D eigenvalue weighted by atomic mass is 10.1. The number of carbonyl (C=O) groups is 1. The molecular formula is C16H25NO3. The van der Waals surface area contributed by atoms with Crippen LogP contribution in [0.4, 0.5) is 0 Å². The molecule has 1 aromatic carbocycles. The summed E-state index contributed by atoms with van der Waals surface area (Å²) in [6, 6.07) is 8.08. The van der Waals surface area contributed by atoms with Gasteiger partial charge >= 0.3 is 5.97 Å². The molecule has 1 rings (SSSR count). The number of nitrogens with one attached hydrogen (secondary N) is 1. The van der Waals surface area contributed by atoms with Gasteiger partial charge in [-0.15, -0.1) is 0 Å². The van der Waals surface area contributed by atoms with Crippen LogP contribution in [0, 0.1) is 0 Å². The Morgan fingerprint density at radius 3 is 2.65 bits per heavy atom. The fourth-order valence-corrected chi connectivity index (χ4v) is 1.76. The van der Waals surface area contributed by atoms with Crippen LogP contribution >= 0.6 is 0 Å². The predicted octanol–water partition coefficient (Wildman–Crippen LogP) is 2.66. The van der Waals surface area contributed by atoms with E-state index in [1.54, 1.807) is 0 Å². The molecule has 4 heteroatoms. The van der Waals surface area contributed by atoms with E-state index in [9.17, 15) is 4.79 Å². The first-order chi connectivity index (χ1) is 9.77. The monoisotopic (exact) mass is 279 g/mol. The van der Waals surface area contributed by atoms with Crippen molar-refractivity contribution in [1.82, 2.24) is 5.32 Å². The Bertz CT molecular complexity index is 393. The summed E-state index contributed by atoms with van der Waals surface area (Å²) in [4.78, 5) is 11.5. The van der Waals surface area contributed by atoms with Crippen molar-refractivity contribution in [2.75, 3.05) is 19.8 Å². The summed E-state index contributed by atoms with van der Waals surface area (Å²) in [5.41, 5.74) is 2.31. The molecule has 0 aromatic heterocycles. The van der Waals surface area contributed by atoms with Crippen LogP contribution in [0.2, 0.25) is 0 Å². The van der Waals surface area contributed by atoms with Gasteiger partial charge in [0.25, 0.3) is 0 Å². The molecular weight excluding hydrogens is 254 g/mol. The highest BCUT2D eigenvalue weighted by molar-refractivity contribution is 5.71. The summed E-state index contributed by atoms with van der Waals surface area (Å²) in [6.07, 6.45) is 1.95. The minimum Gasteiger partial charge on any atom is -0.465 e. The Morgan fingerprint density at radius 2 is 1.95 bits per heavy atom. The molecule has 0 fully saturated rings. The van der Waals surface area contributed by atoms with Gasteiger partial charge in [-0.25, -0.2) is 0 Å². The minimum atomic E-state index is -0.194. The van der Waals surface area contributed by atoms with E-state index in [4.69, 9.17) is 9.47 Å². The Labute approximate surface area is 121 Å². The second kappa shape index (κ2) is 10.4. The lowest BCUT2D eigenvalue weighted by Gasteiger charge is -2.10. The second-order valence-corrected chi connectivity index (χ2v) is 4.58. The third-order valence-electron chi connectivity index (χ3n) is 2.93. The van der Waals surface area contributed by atoms with Crippen LogP contribution in [0.1, 0.15) is 37.8 Å².